The third-order valence-electron chi connectivity index (χ3n) is 6.42. The predicted octanol–water partition coefficient (Wildman–Crippen LogP) is 2.31. The van der Waals surface area contributed by atoms with Crippen LogP contribution in [0.2, 0.25) is 0 Å². The molecule has 5 N–H and O–H groups in total. The topological polar surface area (TPSA) is 195 Å². The molecule has 1 amide bonds. The van der Waals surface area contributed by atoms with Crippen LogP contribution >= 0.6 is 0 Å². The number of amides is 1. The normalized spacial score (nSPS) is 20.5. The Morgan fingerprint density at radius 2 is 1.75 bits per heavy atom. The number of carbonyl (C=O) groups is 4. The molecule has 4 heterocycles. The fourth-order valence-electron chi connectivity index (χ4n) is 4.61. The highest BCUT2D eigenvalue weighted by Crippen LogP contribution is 2.41. The van der Waals surface area contributed by atoms with E-state index in [2.05, 4.69) is 15.4 Å². The van der Waals surface area contributed by atoms with Gasteiger partial charge in [0.25, 0.3) is 5.91 Å². The molecule has 2 aromatic heterocycles. The van der Waals surface area contributed by atoms with E-state index in [1.807, 2.05) is 0 Å². The number of rotatable bonds is 7. The van der Waals surface area contributed by atoms with E-state index < -0.39 is 48.6 Å². The van der Waals surface area contributed by atoms with Gasteiger partial charge in [-0.05, 0) is 38.3 Å². The number of aliphatic carboxylic acids is 3. The van der Waals surface area contributed by atoms with Gasteiger partial charge in [0.1, 0.15) is 11.5 Å². The van der Waals surface area contributed by atoms with Crippen molar-refractivity contribution in [3.05, 3.63) is 41.9 Å². The zero-order valence-corrected chi connectivity index (χ0v) is 21.2. The van der Waals surface area contributed by atoms with E-state index in [9.17, 15) is 32.3 Å². The van der Waals surface area contributed by atoms with Gasteiger partial charge < -0.3 is 30.6 Å². The Bertz CT molecular complexity index is 1240. The van der Waals surface area contributed by atoms with Crippen molar-refractivity contribution in [2.45, 2.75) is 68.9 Å². The third-order valence-corrected chi connectivity index (χ3v) is 6.42. The molecule has 2 aromatic rings. The van der Waals surface area contributed by atoms with E-state index in [0.29, 0.717) is 30.2 Å². The number of hydrogen-bond acceptors (Lipinski definition) is 8. The highest BCUT2D eigenvalue weighted by atomic mass is 19.4. The smallest absolute Gasteiger partial charge is 0.410 e. The van der Waals surface area contributed by atoms with Crippen molar-refractivity contribution in [2.24, 2.45) is 0 Å². The molecule has 2 aliphatic heterocycles. The second-order valence-electron chi connectivity index (χ2n) is 9.59. The number of carbonyl (C=O) groups excluding carboxylic acids is 1. The number of carboxylic acid groups (broad SMARTS) is 3. The molecule has 13 nitrogen and oxygen atoms in total. The summed E-state index contributed by atoms with van der Waals surface area (Å²) in [5, 5.41) is 41.1. The Kier molecular flexibility index (Phi) is 9.02. The quantitative estimate of drug-likeness (QED) is 0.327. The first kappa shape index (κ1) is 30.3. The molecule has 0 spiro atoms. The summed E-state index contributed by atoms with van der Waals surface area (Å²) in [5.74, 6) is -4.89. The molecule has 218 valence electrons. The van der Waals surface area contributed by atoms with Gasteiger partial charge in [-0.25, -0.2) is 9.48 Å². The third kappa shape index (κ3) is 7.05. The number of nitrogens with zero attached hydrogens (tertiary/aromatic N) is 4. The van der Waals surface area contributed by atoms with Crippen molar-refractivity contribution in [1.29, 1.82) is 0 Å². The van der Waals surface area contributed by atoms with Crippen molar-refractivity contribution in [3.63, 3.8) is 0 Å². The standard InChI is InChI=1S/C18H20F3N5O.C6H8O7/c1-11-9-15(18(19,20)21)26-16(23-11)10-13(24-26)14-6-4-8-25(14)17(27)12-5-2-3-7-22-12;7-3(8)1-6(13,5(11)12)2-4(9)10/h2-3,5,7,10-11,14-15,23H,4,6,8-9H2,1H3;13H,1-2H2,(H,7,8)(H,9,10)(H,11,12)/t11-,14?,15-;/m1./s1. The number of fused-ring (bicyclic) bond motifs is 1. The fourth-order valence-corrected chi connectivity index (χ4v) is 4.61. The molecule has 0 aromatic carbocycles. The summed E-state index contributed by atoms with van der Waals surface area (Å²) < 4.78 is 41.4. The fraction of sp³-hybridized carbons (Fsp3) is 0.500. The number of aliphatic hydroxyl groups is 1. The van der Waals surface area contributed by atoms with E-state index in [-0.39, 0.29) is 24.4 Å². The van der Waals surface area contributed by atoms with Crippen LogP contribution in [-0.2, 0) is 14.4 Å². The van der Waals surface area contributed by atoms with Crippen molar-refractivity contribution in [1.82, 2.24) is 19.7 Å². The van der Waals surface area contributed by atoms with Crippen LogP contribution in [0.1, 0.15) is 67.3 Å². The van der Waals surface area contributed by atoms with Gasteiger partial charge in [0.2, 0.25) is 0 Å². The Morgan fingerprint density at radius 3 is 2.27 bits per heavy atom. The van der Waals surface area contributed by atoms with E-state index in [1.165, 1.54) is 0 Å². The number of hydrogen-bond donors (Lipinski definition) is 5. The summed E-state index contributed by atoms with van der Waals surface area (Å²) in [6.45, 7) is 2.26. The van der Waals surface area contributed by atoms with E-state index in [0.717, 1.165) is 11.1 Å². The first-order valence-corrected chi connectivity index (χ1v) is 12.2. The maximum absolute atomic E-state index is 13.4. The van der Waals surface area contributed by atoms with Crippen LogP contribution in [0.4, 0.5) is 19.0 Å². The minimum absolute atomic E-state index is 0.0706. The number of pyridine rings is 1. The van der Waals surface area contributed by atoms with Crippen LogP contribution in [-0.4, -0.2) is 88.3 Å². The van der Waals surface area contributed by atoms with Gasteiger partial charge in [0.15, 0.2) is 11.6 Å². The molecule has 1 unspecified atom stereocenters. The zero-order valence-electron chi connectivity index (χ0n) is 21.2. The summed E-state index contributed by atoms with van der Waals surface area (Å²) in [6, 6.07) is 4.44. The van der Waals surface area contributed by atoms with Crippen LogP contribution in [0.5, 0.6) is 0 Å². The SMILES string of the molecule is C[C@@H]1C[C@H](C(F)(F)F)n2nc(C3CCCN3C(=O)c3ccccn3)cc2N1.O=C(O)CC(O)(CC(=O)O)C(=O)O. The maximum atomic E-state index is 13.4. The Hall–Kier alpha value is -4.21. The predicted molar refractivity (Wildman–Crippen MR) is 129 cm³/mol. The first-order valence-electron chi connectivity index (χ1n) is 12.2. The second kappa shape index (κ2) is 11.9. The average Bonchev–Trinajstić information content (AvgIpc) is 3.49. The Balaban J connectivity index is 0.000000289. The van der Waals surface area contributed by atoms with Gasteiger partial charge in [-0.15, -0.1) is 0 Å². The van der Waals surface area contributed by atoms with E-state index >= 15 is 0 Å². The summed E-state index contributed by atoms with van der Waals surface area (Å²) in [4.78, 5) is 49.0. The monoisotopic (exact) mass is 571 g/mol. The number of alkyl halides is 3. The lowest BCUT2D eigenvalue weighted by molar-refractivity contribution is -0.173. The summed E-state index contributed by atoms with van der Waals surface area (Å²) in [5.41, 5.74) is -1.92. The maximum Gasteiger partial charge on any atom is 0.410 e. The van der Waals surface area contributed by atoms with Crippen molar-refractivity contribution < 1.29 is 52.8 Å². The summed E-state index contributed by atoms with van der Waals surface area (Å²) in [7, 11) is 0. The van der Waals surface area contributed by atoms with Gasteiger partial charge in [0.05, 0.1) is 24.6 Å². The van der Waals surface area contributed by atoms with E-state index in [1.54, 1.807) is 42.3 Å². The highest BCUT2D eigenvalue weighted by Gasteiger charge is 2.46. The average molecular weight is 572 g/mol. The molecule has 0 aliphatic carbocycles. The first-order chi connectivity index (χ1) is 18.6. The van der Waals surface area contributed by atoms with Gasteiger partial charge in [-0.1, -0.05) is 6.07 Å². The number of aromatic nitrogens is 3. The Labute approximate surface area is 225 Å². The molecule has 0 saturated carbocycles. The van der Waals surface area contributed by atoms with Crippen LogP contribution in [0.15, 0.2) is 30.5 Å². The number of likely N-dealkylation sites (tertiary alicyclic amines) is 1. The molecule has 2 aliphatic rings. The van der Waals surface area contributed by atoms with Crippen LogP contribution in [0.3, 0.4) is 0 Å². The Morgan fingerprint density at radius 1 is 1.10 bits per heavy atom. The molecule has 16 heteroatoms. The lowest BCUT2D eigenvalue weighted by Crippen LogP contribution is -2.42. The molecule has 0 radical (unpaired) electrons. The summed E-state index contributed by atoms with van der Waals surface area (Å²) >= 11 is 0. The van der Waals surface area contributed by atoms with Gasteiger partial charge in [-0.3, -0.25) is 19.4 Å². The highest BCUT2D eigenvalue weighted by molar-refractivity contribution is 5.92. The molecule has 1 fully saturated rings. The number of anilines is 1. The number of nitrogens with one attached hydrogen (secondary N) is 1. The zero-order chi connectivity index (χ0) is 29.8. The number of halogens is 3. The summed E-state index contributed by atoms with van der Waals surface area (Å²) in [6.07, 6.45) is -3.73. The van der Waals surface area contributed by atoms with Crippen LogP contribution in [0.25, 0.3) is 0 Å². The van der Waals surface area contributed by atoms with Crippen molar-refractivity contribution in [3.8, 4) is 0 Å². The number of carboxylic acids is 3. The minimum Gasteiger partial charge on any atom is -0.481 e. The van der Waals surface area contributed by atoms with Gasteiger partial charge >= 0.3 is 24.1 Å². The molecular weight excluding hydrogens is 543 g/mol. The largest absolute Gasteiger partial charge is 0.481 e. The molecule has 40 heavy (non-hydrogen) atoms. The van der Waals surface area contributed by atoms with E-state index in [4.69, 9.17) is 20.4 Å². The molecular formula is C24H28F3N5O8. The van der Waals surface area contributed by atoms with Gasteiger partial charge in [0, 0.05) is 24.8 Å². The molecule has 0 bridgehead atoms. The second-order valence-corrected chi connectivity index (χ2v) is 9.59. The molecule has 1 saturated heterocycles. The molecule has 4 rings (SSSR count). The lowest BCUT2D eigenvalue weighted by Gasteiger charge is -2.31. The minimum atomic E-state index is -4.37. The molecule has 3 atom stereocenters. The van der Waals surface area contributed by atoms with Crippen molar-refractivity contribution in [2.75, 3.05) is 11.9 Å². The van der Waals surface area contributed by atoms with Gasteiger partial charge in [-0.2, -0.15) is 18.3 Å². The van der Waals surface area contributed by atoms with Crippen LogP contribution in [0, 0.1) is 0 Å². The van der Waals surface area contributed by atoms with Crippen molar-refractivity contribution >= 4 is 29.6 Å². The lowest BCUT2D eigenvalue weighted by atomic mass is 9.96. The van der Waals surface area contributed by atoms with Crippen LogP contribution < -0.4 is 5.32 Å².